The van der Waals surface area contributed by atoms with Crippen LogP contribution in [-0.2, 0) is 0 Å². The van der Waals surface area contributed by atoms with Crippen LogP contribution in [0.15, 0.2) is 5.16 Å². The van der Waals surface area contributed by atoms with Crippen molar-refractivity contribution >= 4 is 29.5 Å². The number of hydrogen-bond donors (Lipinski definition) is 2. The zero-order valence-electron chi connectivity index (χ0n) is 6.84. The standard InChI is InChI=1S/C5H7F3N4S2/c6-5(7,8)14-2-1-13-4-10-3(9)11-12-4/h1-2H2,(H3,9,10,11,12). The van der Waals surface area contributed by atoms with E-state index in [4.69, 9.17) is 5.73 Å². The Hall–Kier alpha value is -0.570. The van der Waals surface area contributed by atoms with Crippen LogP contribution in [0.4, 0.5) is 19.1 Å². The van der Waals surface area contributed by atoms with E-state index >= 15 is 0 Å². The molecule has 0 bridgehead atoms. The zero-order chi connectivity index (χ0) is 10.6. The molecule has 0 fully saturated rings. The number of aromatic amines is 1. The van der Waals surface area contributed by atoms with E-state index in [9.17, 15) is 13.2 Å². The van der Waals surface area contributed by atoms with Crippen LogP contribution in [0.1, 0.15) is 0 Å². The molecule has 4 nitrogen and oxygen atoms in total. The van der Waals surface area contributed by atoms with Crippen LogP contribution in [0.3, 0.4) is 0 Å². The SMILES string of the molecule is Nc1nc(SCCSC(F)(F)F)n[nH]1. The summed E-state index contributed by atoms with van der Waals surface area (Å²) >= 11 is 1.07. The molecule has 80 valence electrons. The molecule has 1 rings (SSSR count). The highest BCUT2D eigenvalue weighted by Crippen LogP contribution is 2.30. The Kier molecular flexibility index (Phi) is 3.93. The molecular weight excluding hydrogens is 237 g/mol. The molecule has 0 saturated heterocycles. The number of thioether (sulfide) groups is 2. The predicted molar refractivity (Wildman–Crippen MR) is 50.0 cm³/mol. The van der Waals surface area contributed by atoms with Gasteiger partial charge in [-0.2, -0.15) is 18.2 Å². The Labute approximate surface area is 86.2 Å². The van der Waals surface area contributed by atoms with Gasteiger partial charge in [-0.05, 0) is 0 Å². The molecule has 0 aliphatic carbocycles. The highest BCUT2D eigenvalue weighted by atomic mass is 32.2. The average molecular weight is 244 g/mol. The van der Waals surface area contributed by atoms with Crippen LogP contribution >= 0.6 is 23.5 Å². The lowest BCUT2D eigenvalue weighted by Crippen LogP contribution is -2.02. The monoisotopic (exact) mass is 244 g/mol. The second-order valence-electron chi connectivity index (χ2n) is 2.15. The summed E-state index contributed by atoms with van der Waals surface area (Å²) in [7, 11) is 0. The van der Waals surface area contributed by atoms with Crippen molar-refractivity contribution in [1.29, 1.82) is 0 Å². The summed E-state index contributed by atoms with van der Waals surface area (Å²) < 4.78 is 35.0. The van der Waals surface area contributed by atoms with Crippen LogP contribution in [0.25, 0.3) is 0 Å². The van der Waals surface area contributed by atoms with E-state index in [-0.39, 0.29) is 23.5 Å². The average Bonchev–Trinajstić information content (AvgIpc) is 2.44. The third-order valence-corrected chi connectivity index (χ3v) is 2.91. The van der Waals surface area contributed by atoms with Gasteiger partial charge in [0, 0.05) is 11.5 Å². The van der Waals surface area contributed by atoms with Gasteiger partial charge in [-0.25, -0.2) is 5.10 Å². The Balaban J connectivity index is 2.16. The number of nitrogens with one attached hydrogen (secondary N) is 1. The topological polar surface area (TPSA) is 67.6 Å². The van der Waals surface area contributed by atoms with Crippen molar-refractivity contribution in [3.8, 4) is 0 Å². The highest BCUT2D eigenvalue weighted by molar-refractivity contribution is 8.03. The lowest BCUT2D eigenvalue weighted by molar-refractivity contribution is -0.0326. The maximum absolute atomic E-state index is 11.7. The van der Waals surface area contributed by atoms with Gasteiger partial charge >= 0.3 is 5.51 Å². The summed E-state index contributed by atoms with van der Waals surface area (Å²) in [5.41, 5.74) is 1.06. The van der Waals surface area contributed by atoms with Crippen LogP contribution in [-0.4, -0.2) is 32.2 Å². The number of halogens is 3. The predicted octanol–water partition coefficient (Wildman–Crippen LogP) is 1.73. The summed E-state index contributed by atoms with van der Waals surface area (Å²) in [6, 6.07) is 0. The van der Waals surface area contributed by atoms with Crippen molar-refractivity contribution in [2.24, 2.45) is 0 Å². The molecule has 0 aromatic carbocycles. The van der Waals surface area contributed by atoms with Crippen molar-refractivity contribution < 1.29 is 13.2 Å². The number of nitrogen functional groups attached to an aromatic ring is 1. The van der Waals surface area contributed by atoms with Crippen molar-refractivity contribution in [1.82, 2.24) is 15.2 Å². The van der Waals surface area contributed by atoms with Crippen LogP contribution in [0, 0.1) is 0 Å². The maximum Gasteiger partial charge on any atom is 0.441 e. The van der Waals surface area contributed by atoms with E-state index in [0.717, 1.165) is 11.8 Å². The molecule has 1 aromatic heterocycles. The molecule has 0 aliphatic heterocycles. The van der Waals surface area contributed by atoms with Crippen molar-refractivity contribution in [2.45, 2.75) is 10.7 Å². The molecule has 1 heterocycles. The van der Waals surface area contributed by atoms with E-state index in [1.807, 2.05) is 0 Å². The molecule has 0 spiro atoms. The number of anilines is 1. The van der Waals surface area contributed by atoms with Crippen molar-refractivity contribution in [3.63, 3.8) is 0 Å². The Morgan fingerprint density at radius 1 is 1.36 bits per heavy atom. The number of rotatable bonds is 4. The zero-order valence-corrected chi connectivity index (χ0v) is 8.47. The van der Waals surface area contributed by atoms with Gasteiger partial charge in [0.25, 0.3) is 0 Å². The summed E-state index contributed by atoms with van der Waals surface area (Å²) in [6.07, 6.45) is 0. The fourth-order valence-electron chi connectivity index (χ4n) is 0.613. The number of hydrogen-bond acceptors (Lipinski definition) is 5. The molecule has 0 aliphatic rings. The van der Waals surface area contributed by atoms with Gasteiger partial charge in [-0.1, -0.05) is 23.5 Å². The first-order valence-corrected chi connectivity index (χ1v) is 5.46. The molecule has 9 heteroatoms. The van der Waals surface area contributed by atoms with E-state index in [1.54, 1.807) is 0 Å². The largest absolute Gasteiger partial charge is 0.441 e. The van der Waals surface area contributed by atoms with Crippen LogP contribution in [0.2, 0.25) is 0 Å². The summed E-state index contributed by atoms with van der Waals surface area (Å²) in [6.45, 7) is 0. The molecule has 14 heavy (non-hydrogen) atoms. The minimum absolute atomic E-state index is 0.0252. The minimum atomic E-state index is -4.17. The third kappa shape index (κ3) is 4.61. The second-order valence-corrected chi connectivity index (χ2v) is 4.37. The van der Waals surface area contributed by atoms with Gasteiger partial charge in [0.15, 0.2) is 0 Å². The molecule has 0 amide bonds. The molecule has 0 unspecified atom stereocenters. The normalized spacial score (nSPS) is 11.9. The Morgan fingerprint density at radius 3 is 2.57 bits per heavy atom. The fraction of sp³-hybridized carbons (Fsp3) is 0.600. The first-order chi connectivity index (χ1) is 6.47. The van der Waals surface area contributed by atoms with E-state index in [1.165, 1.54) is 0 Å². The van der Waals surface area contributed by atoms with Gasteiger partial charge in [-0.3, -0.25) is 0 Å². The fourth-order valence-corrected chi connectivity index (χ4v) is 1.97. The van der Waals surface area contributed by atoms with Gasteiger partial charge in [0.05, 0.1) is 0 Å². The van der Waals surface area contributed by atoms with Crippen LogP contribution in [0.5, 0.6) is 0 Å². The molecule has 0 saturated carbocycles. The van der Waals surface area contributed by atoms with Gasteiger partial charge < -0.3 is 5.73 Å². The van der Waals surface area contributed by atoms with E-state index in [2.05, 4.69) is 15.2 Å². The number of nitrogens with zero attached hydrogens (tertiary/aromatic N) is 2. The minimum Gasteiger partial charge on any atom is -0.368 e. The first kappa shape index (κ1) is 11.5. The second kappa shape index (κ2) is 4.78. The van der Waals surface area contributed by atoms with Gasteiger partial charge in [-0.15, -0.1) is 5.10 Å². The molecule has 0 radical (unpaired) electrons. The van der Waals surface area contributed by atoms with E-state index < -0.39 is 5.51 Å². The van der Waals surface area contributed by atoms with Crippen molar-refractivity contribution in [3.05, 3.63) is 0 Å². The van der Waals surface area contributed by atoms with Gasteiger partial charge in [0.1, 0.15) is 0 Å². The summed E-state index contributed by atoms with van der Waals surface area (Å²) in [5.74, 6) is 0.431. The Morgan fingerprint density at radius 2 is 2.07 bits per heavy atom. The number of aromatic nitrogens is 3. The number of alkyl halides is 3. The number of H-pyrrole nitrogens is 1. The third-order valence-electron chi connectivity index (χ3n) is 1.06. The molecule has 3 N–H and O–H groups in total. The highest BCUT2D eigenvalue weighted by Gasteiger charge is 2.27. The summed E-state index contributed by atoms with van der Waals surface area (Å²) in [5, 5.41) is 6.42. The van der Waals surface area contributed by atoms with Crippen LogP contribution < -0.4 is 5.73 Å². The lowest BCUT2D eigenvalue weighted by Gasteiger charge is -2.03. The summed E-state index contributed by atoms with van der Waals surface area (Å²) in [4.78, 5) is 3.73. The molecule has 0 atom stereocenters. The number of nitrogens with two attached hydrogens (primary N) is 1. The maximum atomic E-state index is 11.7. The lowest BCUT2D eigenvalue weighted by atomic mass is 11.0. The van der Waals surface area contributed by atoms with Crippen molar-refractivity contribution in [2.75, 3.05) is 17.2 Å². The molecular formula is C5H7F3N4S2. The molecule has 1 aromatic rings. The Bertz CT molecular complexity index is 287. The first-order valence-electron chi connectivity index (χ1n) is 3.49. The quantitative estimate of drug-likeness (QED) is 0.623. The smallest absolute Gasteiger partial charge is 0.368 e. The van der Waals surface area contributed by atoms with E-state index in [0.29, 0.717) is 10.9 Å². The van der Waals surface area contributed by atoms with Gasteiger partial charge in [0.2, 0.25) is 11.1 Å².